The molecular weight excluding hydrogens is 264 g/mol. The molecule has 1 saturated heterocycles. The number of rotatable bonds is 6. The van der Waals surface area contributed by atoms with Crippen LogP contribution < -0.4 is 10.6 Å². The lowest BCUT2D eigenvalue weighted by molar-refractivity contribution is -0.126. The van der Waals surface area contributed by atoms with Gasteiger partial charge in [-0.2, -0.15) is 0 Å². The van der Waals surface area contributed by atoms with Gasteiger partial charge in [0.1, 0.15) is 6.10 Å². The number of benzene rings is 1. The Kier molecular flexibility index (Phi) is 5.76. The minimum Gasteiger partial charge on any atom is -0.368 e. The van der Waals surface area contributed by atoms with Crippen molar-refractivity contribution in [2.45, 2.75) is 45.8 Å². The molecule has 2 N–H and O–H groups in total. The van der Waals surface area contributed by atoms with Crippen LogP contribution in [0.15, 0.2) is 24.3 Å². The molecule has 1 aromatic rings. The van der Waals surface area contributed by atoms with E-state index in [1.165, 1.54) is 5.56 Å². The molecule has 1 heterocycles. The van der Waals surface area contributed by atoms with E-state index in [2.05, 4.69) is 43.5 Å². The van der Waals surface area contributed by atoms with Crippen molar-refractivity contribution in [3.05, 3.63) is 29.8 Å². The monoisotopic (exact) mass is 290 g/mol. The van der Waals surface area contributed by atoms with Gasteiger partial charge in [0.2, 0.25) is 0 Å². The maximum atomic E-state index is 12.1. The second-order valence-electron chi connectivity index (χ2n) is 5.84. The Hall–Kier alpha value is -1.39. The van der Waals surface area contributed by atoms with Crippen LogP contribution in [0, 0.1) is 5.92 Å². The molecule has 4 heteroatoms. The lowest BCUT2D eigenvalue weighted by atomic mass is 10.0. The molecule has 3 atom stereocenters. The first-order chi connectivity index (χ1) is 10.1. The van der Waals surface area contributed by atoms with Crippen LogP contribution in [-0.4, -0.2) is 25.2 Å². The van der Waals surface area contributed by atoms with E-state index in [9.17, 15) is 4.79 Å². The zero-order valence-electron chi connectivity index (χ0n) is 13.2. The first-order valence-electron chi connectivity index (χ1n) is 7.87. The van der Waals surface area contributed by atoms with Crippen LogP contribution in [-0.2, 0) is 9.53 Å². The molecule has 0 aromatic heterocycles. The average molecular weight is 290 g/mol. The van der Waals surface area contributed by atoms with Gasteiger partial charge in [-0.1, -0.05) is 26.0 Å². The second-order valence-corrected chi connectivity index (χ2v) is 5.84. The van der Waals surface area contributed by atoms with Crippen LogP contribution in [0.4, 0.5) is 5.69 Å². The first kappa shape index (κ1) is 16.0. The number of carbonyl (C=O) groups excluding carboxylic acids is 1. The predicted molar refractivity (Wildman–Crippen MR) is 85.3 cm³/mol. The molecule has 0 bridgehead atoms. The molecular formula is C17H26N2O2. The van der Waals surface area contributed by atoms with E-state index < -0.39 is 0 Å². The van der Waals surface area contributed by atoms with Gasteiger partial charge in [-0.3, -0.25) is 4.79 Å². The molecule has 2 rings (SSSR count). The lowest BCUT2D eigenvalue weighted by Crippen LogP contribution is -2.31. The Morgan fingerprint density at radius 1 is 1.38 bits per heavy atom. The summed E-state index contributed by atoms with van der Waals surface area (Å²) in [7, 11) is 0. The number of anilines is 1. The van der Waals surface area contributed by atoms with E-state index in [4.69, 9.17) is 4.74 Å². The van der Waals surface area contributed by atoms with Crippen molar-refractivity contribution >= 4 is 11.6 Å². The fraction of sp³-hybridized carbons (Fsp3) is 0.588. The summed E-state index contributed by atoms with van der Waals surface area (Å²) >= 11 is 0. The average Bonchev–Trinajstić information content (AvgIpc) is 2.91. The van der Waals surface area contributed by atoms with E-state index in [0.29, 0.717) is 18.6 Å². The van der Waals surface area contributed by atoms with Gasteiger partial charge in [0.15, 0.2) is 0 Å². The standard InChI is InChI=1S/C17H26N2O2/c1-4-10-18-13(3)14-5-7-15(8-6-14)19-17(20)16-12(2)9-11-21-16/h5-8,12-13,16,18H,4,9-11H2,1-3H3,(H,19,20). The SMILES string of the molecule is CCCNC(C)c1ccc(NC(=O)C2OCCC2C)cc1. The lowest BCUT2D eigenvalue weighted by Gasteiger charge is -2.16. The van der Waals surface area contributed by atoms with E-state index >= 15 is 0 Å². The molecule has 4 nitrogen and oxygen atoms in total. The molecule has 1 aliphatic heterocycles. The fourth-order valence-electron chi connectivity index (χ4n) is 2.58. The highest BCUT2D eigenvalue weighted by atomic mass is 16.5. The second kappa shape index (κ2) is 7.57. The summed E-state index contributed by atoms with van der Waals surface area (Å²) in [6.45, 7) is 8.05. The molecule has 3 unspecified atom stereocenters. The van der Waals surface area contributed by atoms with Gasteiger partial charge in [0.05, 0.1) is 0 Å². The van der Waals surface area contributed by atoms with Crippen molar-refractivity contribution in [2.75, 3.05) is 18.5 Å². The minimum atomic E-state index is -0.310. The molecule has 1 aromatic carbocycles. The van der Waals surface area contributed by atoms with Crippen molar-refractivity contribution in [1.29, 1.82) is 0 Å². The van der Waals surface area contributed by atoms with E-state index in [1.54, 1.807) is 0 Å². The van der Waals surface area contributed by atoms with Gasteiger partial charge in [0.25, 0.3) is 5.91 Å². The molecule has 1 amide bonds. The number of nitrogens with one attached hydrogen (secondary N) is 2. The van der Waals surface area contributed by atoms with Crippen LogP contribution >= 0.6 is 0 Å². The number of hydrogen-bond donors (Lipinski definition) is 2. The largest absolute Gasteiger partial charge is 0.368 e. The van der Waals surface area contributed by atoms with Gasteiger partial charge < -0.3 is 15.4 Å². The zero-order chi connectivity index (χ0) is 15.2. The number of ether oxygens (including phenoxy) is 1. The quantitative estimate of drug-likeness (QED) is 0.846. The van der Waals surface area contributed by atoms with E-state index in [0.717, 1.165) is 25.1 Å². The Bertz CT molecular complexity index is 458. The normalized spacial score (nSPS) is 23.0. The van der Waals surface area contributed by atoms with Gasteiger partial charge in [-0.15, -0.1) is 0 Å². The topological polar surface area (TPSA) is 50.4 Å². The highest BCUT2D eigenvalue weighted by Crippen LogP contribution is 2.22. The minimum absolute atomic E-state index is 0.0371. The van der Waals surface area contributed by atoms with Gasteiger partial charge in [0, 0.05) is 18.3 Å². The highest BCUT2D eigenvalue weighted by molar-refractivity contribution is 5.94. The van der Waals surface area contributed by atoms with Crippen LogP contribution in [0.2, 0.25) is 0 Å². The smallest absolute Gasteiger partial charge is 0.253 e. The Morgan fingerprint density at radius 3 is 2.67 bits per heavy atom. The zero-order valence-corrected chi connectivity index (χ0v) is 13.2. The molecule has 21 heavy (non-hydrogen) atoms. The Balaban J connectivity index is 1.91. The molecule has 0 aliphatic carbocycles. The van der Waals surface area contributed by atoms with Crippen LogP contribution in [0.1, 0.15) is 45.2 Å². The van der Waals surface area contributed by atoms with Gasteiger partial charge >= 0.3 is 0 Å². The molecule has 1 fully saturated rings. The van der Waals surface area contributed by atoms with Crippen LogP contribution in [0.5, 0.6) is 0 Å². The Labute approximate surface area is 127 Å². The van der Waals surface area contributed by atoms with Crippen molar-refractivity contribution in [3.8, 4) is 0 Å². The first-order valence-corrected chi connectivity index (χ1v) is 7.87. The van der Waals surface area contributed by atoms with Crippen molar-refractivity contribution in [3.63, 3.8) is 0 Å². The summed E-state index contributed by atoms with van der Waals surface area (Å²) in [5.41, 5.74) is 2.06. The summed E-state index contributed by atoms with van der Waals surface area (Å²) in [5, 5.41) is 6.39. The fourth-order valence-corrected chi connectivity index (χ4v) is 2.58. The van der Waals surface area contributed by atoms with Crippen molar-refractivity contribution in [1.82, 2.24) is 5.32 Å². The van der Waals surface area contributed by atoms with Crippen molar-refractivity contribution < 1.29 is 9.53 Å². The molecule has 116 valence electrons. The van der Waals surface area contributed by atoms with Crippen molar-refractivity contribution in [2.24, 2.45) is 5.92 Å². The molecule has 0 spiro atoms. The molecule has 0 radical (unpaired) electrons. The number of amides is 1. The number of carbonyl (C=O) groups is 1. The maximum Gasteiger partial charge on any atom is 0.253 e. The predicted octanol–water partition coefficient (Wildman–Crippen LogP) is 3.11. The van der Waals surface area contributed by atoms with Crippen LogP contribution in [0.3, 0.4) is 0 Å². The third-order valence-corrected chi connectivity index (χ3v) is 4.02. The van der Waals surface area contributed by atoms with E-state index in [-0.39, 0.29) is 12.0 Å². The maximum absolute atomic E-state index is 12.1. The molecule has 0 saturated carbocycles. The summed E-state index contributed by atoms with van der Waals surface area (Å²) in [6.07, 6.45) is 1.77. The summed E-state index contributed by atoms with van der Waals surface area (Å²) in [6, 6.07) is 8.35. The highest BCUT2D eigenvalue weighted by Gasteiger charge is 2.30. The summed E-state index contributed by atoms with van der Waals surface area (Å²) in [4.78, 5) is 12.1. The number of hydrogen-bond acceptors (Lipinski definition) is 3. The van der Waals surface area contributed by atoms with Gasteiger partial charge in [-0.25, -0.2) is 0 Å². The summed E-state index contributed by atoms with van der Waals surface area (Å²) in [5.74, 6) is 0.257. The summed E-state index contributed by atoms with van der Waals surface area (Å²) < 4.78 is 5.48. The Morgan fingerprint density at radius 2 is 2.10 bits per heavy atom. The van der Waals surface area contributed by atoms with Gasteiger partial charge in [-0.05, 0) is 49.9 Å². The third kappa shape index (κ3) is 4.29. The third-order valence-electron chi connectivity index (χ3n) is 4.02. The van der Waals surface area contributed by atoms with Crippen LogP contribution in [0.25, 0.3) is 0 Å². The molecule has 1 aliphatic rings. The van der Waals surface area contributed by atoms with E-state index in [1.807, 2.05) is 12.1 Å².